The van der Waals surface area contributed by atoms with Gasteiger partial charge in [0.15, 0.2) is 0 Å². The largest absolute Gasteiger partial charge is 0.347 e. The summed E-state index contributed by atoms with van der Waals surface area (Å²) < 4.78 is 0. The van der Waals surface area contributed by atoms with E-state index in [9.17, 15) is 4.79 Å². The zero-order valence-corrected chi connectivity index (χ0v) is 12.8. The molecular formula is C18H22N2O. The Morgan fingerprint density at radius 3 is 2.14 bits per heavy atom. The Balaban J connectivity index is 1.96. The Kier molecular flexibility index (Phi) is 5.12. The number of amides is 1. The molecule has 0 fully saturated rings. The van der Waals surface area contributed by atoms with Crippen LogP contribution in [0.2, 0.25) is 0 Å². The van der Waals surface area contributed by atoms with Gasteiger partial charge in [0, 0.05) is 20.6 Å². The van der Waals surface area contributed by atoms with E-state index in [-0.39, 0.29) is 11.9 Å². The SMILES string of the molecule is CC(NCc1ccc(-c2ccccc2)cc1)C(=O)N(C)C. The van der Waals surface area contributed by atoms with Gasteiger partial charge >= 0.3 is 0 Å². The third-order valence-corrected chi connectivity index (χ3v) is 3.48. The van der Waals surface area contributed by atoms with Crippen LogP contribution in [0.5, 0.6) is 0 Å². The quantitative estimate of drug-likeness (QED) is 0.914. The van der Waals surface area contributed by atoms with E-state index in [0.717, 1.165) is 0 Å². The standard InChI is InChI=1S/C18H22N2O/c1-14(18(21)20(2)3)19-13-15-9-11-17(12-10-15)16-7-5-4-6-8-16/h4-12,14,19H,13H2,1-3H3. The minimum absolute atomic E-state index is 0.0934. The zero-order valence-electron chi connectivity index (χ0n) is 12.8. The smallest absolute Gasteiger partial charge is 0.238 e. The molecule has 0 spiro atoms. The first-order valence-electron chi connectivity index (χ1n) is 7.17. The maximum absolute atomic E-state index is 11.8. The summed E-state index contributed by atoms with van der Waals surface area (Å²) in [6.45, 7) is 2.58. The number of carbonyl (C=O) groups excluding carboxylic acids is 1. The van der Waals surface area contributed by atoms with Gasteiger partial charge in [0.2, 0.25) is 5.91 Å². The third kappa shape index (κ3) is 4.17. The molecule has 0 aromatic heterocycles. The predicted molar refractivity (Wildman–Crippen MR) is 86.9 cm³/mol. The van der Waals surface area contributed by atoms with Crippen LogP contribution in [0.1, 0.15) is 12.5 Å². The van der Waals surface area contributed by atoms with Crippen molar-refractivity contribution in [3.05, 3.63) is 60.2 Å². The van der Waals surface area contributed by atoms with Crippen molar-refractivity contribution in [2.45, 2.75) is 19.5 Å². The lowest BCUT2D eigenvalue weighted by Gasteiger charge is -2.18. The molecule has 0 aliphatic heterocycles. The number of nitrogens with zero attached hydrogens (tertiary/aromatic N) is 1. The second-order valence-corrected chi connectivity index (χ2v) is 5.40. The molecule has 1 N–H and O–H groups in total. The highest BCUT2D eigenvalue weighted by Crippen LogP contribution is 2.19. The number of hydrogen-bond acceptors (Lipinski definition) is 2. The average molecular weight is 282 g/mol. The fourth-order valence-corrected chi connectivity index (χ4v) is 2.19. The lowest BCUT2D eigenvalue weighted by Crippen LogP contribution is -2.41. The van der Waals surface area contributed by atoms with Crippen LogP contribution < -0.4 is 5.32 Å². The topological polar surface area (TPSA) is 32.3 Å². The maximum Gasteiger partial charge on any atom is 0.238 e. The highest BCUT2D eigenvalue weighted by molar-refractivity contribution is 5.80. The summed E-state index contributed by atoms with van der Waals surface area (Å²) in [6.07, 6.45) is 0. The average Bonchev–Trinajstić information content (AvgIpc) is 2.53. The first-order valence-corrected chi connectivity index (χ1v) is 7.17. The number of likely N-dealkylation sites (N-methyl/N-ethyl adjacent to an activating group) is 1. The third-order valence-electron chi connectivity index (χ3n) is 3.48. The summed E-state index contributed by atoms with van der Waals surface area (Å²) in [5.74, 6) is 0.0934. The molecule has 1 atom stereocenters. The van der Waals surface area contributed by atoms with Crippen molar-refractivity contribution < 1.29 is 4.79 Å². The van der Waals surface area contributed by atoms with Crippen molar-refractivity contribution in [3.63, 3.8) is 0 Å². The van der Waals surface area contributed by atoms with Crippen LogP contribution in [0.15, 0.2) is 54.6 Å². The zero-order chi connectivity index (χ0) is 15.2. The fraction of sp³-hybridized carbons (Fsp3) is 0.278. The van der Waals surface area contributed by atoms with Gasteiger partial charge in [-0.15, -0.1) is 0 Å². The molecule has 3 nitrogen and oxygen atoms in total. The van der Waals surface area contributed by atoms with Crippen LogP contribution in [-0.4, -0.2) is 30.9 Å². The van der Waals surface area contributed by atoms with Gasteiger partial charge in [0.05, 0.1) is 6.04 Å². The van der Waals surface area contributed by atoms with Gasteiger partial charge in [0.1, 0.15) is 0 Å². The molecule has 0 heterocycles. The Bertz CT molecular complexity index is 576. The van der Waals surface area contributed by atoms with Gasteiger partial charge in [-0.1, -0.05) is 54.6 Å². The summed E-state index contributed by atoms with van der Waals surface area (Å²) in [5, 5.41) is 3.25. The number of carbonyl (C=O) groups is 1. The van der Waals surface area contributed by atoms with E-state index >= 15 is 0 Å². The van der Waals surface area contributed by atoms with Crippen LogP contribution in [0.4, 0.5) is 0 Å². The van der Waals surface area contributed by atoms with Gasteiger partial charge in [-0.2, -0.15) is 0 Å². The molecule has 0 radical (unpaired) electrons. The molecule has 1 unspecified atom stereocenters. The van der Waals surface area contributed by atoms with Crippen LogP contribution in [0, 0.1) is 0 Å². The van der Waals surface area contributed by atoms with Crippen molar-refractivity contribution >= 4 is 5.91 Å². The molecule has 3 heteroatoms. The van der Waals surface area contributed by atoms with Crippen LogP contribution >= 0.6 is 0 Å². The molecule has 2 aromatic rings. The normalized spacial score (nSPS) is 12.0. The molecule has 0 bridgehead atoms. The molecule has 2 rings (SSSR count). The van der Waals surface area contributed by atoms with Crippen molar-refractivity contribution in [1.82, 2.24) is 10.2 Å². The van der Waals surface area contributed by atoms with Gasteiger partial charge in [0.25, 0.3) is 0 Å². The highest BCUT2D eigenvalue weighted by Gasteiger charge is 2.13. The number of benzene rings is 2. The minimum Gasteiger partial charge on any atom is -0.347 e. The number of rotatable bonds is 5. The number of nitrogens with one attached hydrogen (secondary N) is 1. The second kappa shape index (κ2) is 7.04. The summed E-state index contributed by atoms with van der Waals surface area (Å²) >= 11 is 0. The Hall–Kier alpha value is -2.13. The monoisotopic (exact) mass is 282 g/mol. The molecule has 2 aromatic carbocycles. The molecule has 1 amide bonds. The molecule has 0 aliphatic rings. The molecule has 110 valence electrons. The van der Waals surface area contributed by atoms with Crippen LogP contribution in [0.3, 0.4) is 0 Å². The Morgan fingerprint density at radius 2 is 1.57 bits per heavy atom. The maximum atomic E-state index is 11.8. The summed E-state index contributed by atoms with van der Waals surface area (Å²) in [4.78, 5) is 13.4. The molecule has 21 heavy (non-hydrogen) atoms. The minimum atomic E-state index is -0.172. The van der Waals surface area contributed by atoms with Gasteiger partial charge in [-0.05, 0) is 23.6 Å². The number of hydrogen-bond donors (Lipinski definition) is 1. The summed E-state index contributed by atoms with van der Waals surface area (Å²) in [7, 11) is 3.55. The van der Waals surface area contributed by atoms with E-state index in [2.05, 4.69) is 41.7 Å². The molecule has 0 aliphatic carbocycles. The highest BCUT2D eigenvalue weighted by atomic mass is 16.2. The van der Waals surface area contributed by atoms with Crippen LogP contribution in [-0.2, 0) is 11.3 Å². The fourth-order valence-electron chi connectivity index (χ4n) is 2.19. The molecule has 0 saturated heterocycles. The van der Waals surface area contributed by atoms with Crippen molar-refractivity contribution in [1.29, 1.82) is 0 Å². The predicted octanol–water partition coefficient (Wildman–Crippen LogP) is 2.92. The van der Waals surface area contributed by atoms with Gasteiger partial charge in [-0.3, -0.25) is 4.79 Å². The molecule has 0 saturated carbocycles. The van der Waals surface area contributed by atoms with E-state index in [1.165, 1.54) is 16.7 Å². The summed E-state index contributed by atoms with van der Waals surface area (Å²) in [5.41, 5.74) is 3.60. The summed E-state index contributed by atoms with van der Waals surface area (Å²) in [6, 6.07) is 18.6. The van der Waals surface area contributed by atoms with E-state index in [1.54, 1.807) is 19.0 Å². The second-order valence-electron chi connectivity index (χ2n) is 5.40. The van der Waals surface area contributed by atoms with E-state index in [1.807, 2.05) is 25.1 Å². The van der Waals surface area contributed by atoms with Gasteiger partial charge in [-0.25, -0.2) is 0 Å². The lowest BCUT2D eigenvalue weighted by atomic mass is 10.0. The molecular weight excluding hydrogens is 260 g/mol. The van der Waals surface area contributed by atoms with Gasteiger partial charge < -0.3 is 10.2 Å². The van der Waals surface area contributed by atoms with Crippen molar-refractivity contribution in [3.8, 4) is 11.1 Å². The van der Waals surface area contributed by atoms with Crippen LogP contribution in [0.25, 0.3) is 11.1 Å². The van der Waals surface area contributed by atoms with E-state index in [0.29, 0.717) is 6.54 Å². The first kappa shape index (κ1) is 15.3. The Morgan fingerprint density at radius 1 is 1.00 bits per heavy atom. The van der Waals surface area contributed by atoms with Crippen molar-refractivity contribution in [2.75, 3.05) is 14.1 Å². The van der Waals surface area contributed by atoms with Crippen molar-refractivity contribution in [2.24, 2.45) is 0 Å². The lowest BCUT2D eigenvalue weighted by molar-refractivity contribution is -0.130. The van der Waals surface area contributed by atoms with E-state index < -0.39 is 0 Å². The first-order chi connectivity index (χ1) is 10.1. The Labute approximate surface area is 126 Å². The van der Waals surface area contributed by atoms with E-state index in [4.69, 9.17) is 0 Å².